The maximum atomic E-state index is 13.3. The fourth-order valence-electron chi connectivity index (χ4n) is 3.82. The lowest BCUT2D eigenvalue weighted by atomic mass is 9.85. The quantitative estimate of drug-likeness (QED) is 0.747. The predicted molar refractivity (Wildman–Crippen MR) is 99.5 cm³/mol. The zero-order valence-electron chi connectivity index (χ0n) is 14.5. The normalized spacial score (nSPS) is 18.7. The Morgan fingerprint density at radius 3 is 2.59 bits per heavy atom. The largest absolute Gasteiger partial charge is 0.328 e. The van der Waals surface area contributed by atoms with Crippen LogP contribution in [0.25, 0.3) is 11.4 Å². The van der Waals surface area contributed by atoms with Crippen molar-refractivity contribution in [2.24, 2.45) is 0 Å². The van der Waals surface area contributed by atoms with Crippen molar-refractivity contribution in [1.29, 1.82) is 0 Å². The van der Waals surface area contributed by atoms with Crippen LogP contribution in [0.3, 0.4) is 0 Å². The second kappa shape index (κ2) is 6.16. The minimum Gasteiger partial charge on any atom is -0.328 e. The van der Waals surface area contributed by atoms with Gasteiger partial charge in [0.2, 0.25) is 5.95 Å². The van der Waals surface area contributed by atoms with Crippen molar-refractivity contribution in [2.75, 3.05) is 5.32 Å². The smallest absolute Gasteiger partial charge is 0.226 e. The molecule has 2 aliphatic rings. The molecule has 1 N–H and O–H groups in total. The summed E-state index contributed by atoms with van der Waals surface area (Å²) >= 11 is 0. The molecule has 0 saturated carbocycles. The first-order valence-electron chi connectivity index (χ1n) is 9.01. The van der Waals surface area contributed by atoms with Gasteiger partial charge in [-0.1, -0.05) is 30.3 Å². The van der Waals surface area contributed by atoms with Crippen LogP contribution in [0.2, 0.25) is 0 Å². The van der Waals surface area contributed by atoms with Crippen molar-refractivity contribution >= 4 is 11.7 Å². The van der Waals surface area contributed by atoms with E-state index < -0.39 is 0 Å². The van der Waals surface area contributed by atoms with Gasteiger partial charge >= 0.3 is 0 Å². The molecule has 0 saturated heterocycles. The molecule has 3 aromatic rings. The first-order valence-corrected chi connectivity index (χ1v) is 9.01. The molecule has 1 unspecified atom stereocenters. The number of hydrogen-bond donors (Lipinski definition) is 1. The highest BCUT2D eigenvalue weighted by Crippen LogP contribution is 2.40. The molecule has 5 rings (SSSR count). The zero-order valence-corrected chi connectivity index (χ0v) is 14.5. The molecule has 1 atom stereocenters. The number of benzene rings is 2. The van der Waals surface area contributed by atoms with Crippen molar-refractivity contribution in [2.45, 2.75) is 25.3 Å². The Hall–Kier alpha value is -3.28. The van der Waals surface area contributed by atoms with Gasteiger partial charge in [0, 0.05) is 23.3 Å². The lowest BCUT2D eigenvalue weighted by Crippen LogP contribution is -2.31. The van der Waals surface area contributed by atoms with E-state index in [1.165, 1.54) is 12.1 Å². The van der Waals surface area contributed by atoms with E-state index >= 15 is 0 Å². The van der Waals surface area contributed by atoms with Crippen molar-refractivity contribution in [3.63, 3.8) is 0 Å². The maximum absolute atomic E-state index is 13.3. The third-order valence-corrected chi connectivity index (χ3v) is 5.09. The van der Waals surface area contributed by atoms with Gasteiger partial charge in [-0.15, -0.1) is 5.10 Å². The summed E-state index contributed by atoms with van der Waals surface area (Å²) in [5.74, 6) is 0.968. The number of hydrogen-bond acceptors (Lipinski definition) is 4. The number of carbonyl (C=O) groups excluding carboxylic acids is 1. The van der Waals surface area contributed by atoms with Crippen molar-refractivity contribution < 1.29 is 9.18 Å². The Morgan fingerprint density at radius 2 is 1.81 bits per heavy atom. The van der Waals surface area contributed by atoms with Gasteiger partial charge in [0.25, 0.3) is 0 Å². The number of nitrogens with zero attached hydrogens (tertiary/aromatic N) is 3. The lowest BCUT2D eigenvalue weighted by molar-refractivity contribution is -0.116. The van der Waals surface area contributed by atoms with Gasteiger partial charge in [0.05, 0.1) is 0 Å². The van der Waals surface area contributed by atoms with Crippen LogP contribution in [-0.4, -0.2) is 20.5 Å². The average Bonchev–Trinajstić information content (AvgIpc) is 3.11. The molecule has 2 aromatic carbocycles. The first-order chi connectivity index (χ1) is 13.2. The third-order valence-electron chi connectivity index (χ3n) is 5.09. The number of rotatable bonds is 2. The lowest BCUT2D eigenvalue weighted by Gasteiger charge is -2.32. The van der Waals surface area contributed by atoms with E-state index in [4.69, 9.17) is 0 Å². The number of nitrogens with one attached hydrogen (secondary N) is 1. The second-order valence-corrected chi connectivity index (χ2v) is 6.82. The summed E-state index contributed by atoms with van der Waals surface area (Å²) in [7, 11) is 0. The van der Waals surface area contributed by atoms with Crippen LogP contribution in [0.1, 0.15) is 30.9 Å². The minimum atomic E-state index is -0.300. The standard InChI is InChI=1S/C21H17FN4O/c22-15-11-9-14(10-12-15)20-24-21-23-16-7-4-8-17(27)18(16)19(26(21)25-20)13-5-2-1-3-6-13/h1-3,5-6,9-12,19H,4,7-8H2,(H,23,24,25). The average molecular weight is 360 g/mol. The molecule has 0 spiro atoms. The number of allylic oxidation sites excluding steroid dienone is 2. The molecule has 1 aliphatic carbocycles. The highest BCUT2D eigenvalue weighted by molar-refractivity contribution is 5.99. The summed E-state index contributed by atoms with van der Waals surface area (Å²) in [4.78, 5) is 17.4. The Kier molecular flexibility index (Phi) is 3.63. The van der Waals surface area contributed by atoms with Gasteiger partial charge in [0.1, 0.15) is 11.9 Å². The van der Waals surface area contributed by atoms with Crippen LogP contribution in [0.15, 0.2) is 65.9 Å². The fourth-order valence-corrected chi connectivity index (χ4v) is 3.82. The Labute approximate surface area is 155 Å². The Bertz CT molecular complexity index is 1050. The summed E-state index contributed by atoms with van der Waals surface area (Å²) in [6, 6.07) is 15.7. The molecule has 1 aliphatic heterocycles. The number of Topliss-reactive ketones (excluding diaryl/α,β-unsaturated/α-hetero) is 1. The van der Waals surface area contributed by atoms with Crippen LogP contribution in [0, 0.1) is 5.82 Å². The van der Waals surface area contributed by atoms with Crippen molar-refractivity contribution in [1.82, 2.24) is 14.8 Å². The molecule has 0 bridgehead atoms. The van der Waals surface area contributed by atoms with E-state index in [2.05, 4.69) is 15.4 Å². The molecular weight excluding hydrogens is 343 g/mol. The molecule has 0 fully saturated rings. The minimum absolute atomic E-state index is 0.155. The van der Waals surface area contributed by atoms with Gasteiger partial charge < -0.3 is 5.32 Å². The van der Waals surface area contributed by atoms with E-state index in [0.29, 0.717) is 18.2 Å². The number of aromatic nitrogens is 3. The number of fused-ring (bicyclic) bond motifs is 1. The van der Waals surface area contributed by atoms with E-state index in [1.807, 2.05) is 30.3 Å². The van der Waals surface area contributed by atoms with Gasteiger partial charge in [0.15, 0.2) is 11.6 Å². The summed E-state index contributed by atoms with van der Waals surface area (Å²) < 4.78 is 15.0. The highest BCUT2D eigenvalue weighted by Gasteiger charge is 2.36. The van der Waals surface area contributed by atoms with Crippen LogP contribution >= 0.6 is 0 Å². The second-order valence-electron chi connectivity index (χ2n) is 6.82. The van der Waals surface area contributed by atoms with E-state index in [-0.39, 0.29) is 17.6 Å². The molecule has 5 nitrogen and oxygen atoms in total. The van der Waals surface area contributed by atoms with Gasteiger partial charge in [-0.2, -0.15) is 4.98 Å². The van der Waals surface area contributed by atoms with Crippen molar-refractivity contribution in [3.05, 3.63) is 77.2 Å². The zero-order chi connectivity index (χ0) is 18.4. The molecule has 2 heterocycles. The van der Waals surface area contributed by atoms with E-state index in [1.54, 1.807) is 16.8 Å². The van der Waals surface area contributed by atoms with E-state index in [0.717, 1.165) is 35.2 Å². The number of ketones is 1. The Balaban J connectivity index is 1.67. The summed E-state index contributed by atoms with van der Waals surface area (Å²) in [5, 5.41) is 7.97. The maximum Gasteiger partial charge on any atom is 0.226 e. The Morgan fingerprint density at radius 1 is 1.04 bits per heavy atom. The van der Waals surface area contributed by atoms with Crippen LogP contribution in [0.4, 0.5) is 10.3 Å². The molecule has 134 valence electrons. The van der Waals surface area contributed by atoms with Crippen LogP contribution in [-0.2, 0) is 4.79 Å². The summed E-state index contributed by atoms with van der Waals surface area (Å²) in [6.07, 6.45) is 2.22. The van der Waals surface area contributed by atoms with Gasteiger partial charge in [-0.25, -0.2) is 9.07 Å². The number of halogens is 1. The molecule has 1 aromatic heterocycles. The number of anilines is 1. The first kappa shape index (κ1) is 15.9. The topological polar surface area (TPSA) is 59.8 Å². The summed E-state index contributed by atoms with van der Waals surface area (Å²) in [6.45, 7) is 0. The molecule has 0 amide bonds. The highest BCUT2D eigenvalue weighted by atomic mass is 19.1. The van der Waals surface area contributed by atoms with Crippen molar-refractivity contribution in [3.8, 4) is 11.4 Å². The van der Waals surface area contributed by atoms with Crippen LogP contribution < -0.4 is 5.32 Å². The fraction of sp³-hybridized carbons (Fsp3) is 0.190. The SMILES string of the molecule is O=C1CCCC2=C1C(c1ccccc1)n1nc(-c3ccc(F)cc3)nc1N2. The molecule has 6 heteroatoms. The number of carbonyl (C=O) groups is 1. The van der Waals surface area contributed by atoms with Gasteiger partial charge in [-0.05, 0) is 42.7 Å². The monoisotopic (exact) mass is 360 g/mol. The molecule has 27 heavy (non-hydrogen) atoms. The molecule has 0 radical (unpaired) electrons. The van der Waals surface area contributed by atoms with Crippen LogP contribution in [0.5, 0.6) is 0 Å². The van der Waals surface area contributed by atoms with Gasteiger partial charge in [-0.3, -0.25) is 4.79 Å². The third kappa shape index (κ3) is 2.65. The van der Waals surface area contributed by atoms with E-state index in [9.17, 15) is 9.18 Å². The summed E-state index contributed by atoms with van der Waals surface area (Å²) in [5.41, 5.74) is 3.44. The predicted octanol–water partition coefficient (Wildman–Crippen LogP) is 4.11. The molecular formula is C21H17FN4O.